The van der Waals surface area contributed by atoms with E-state index in [1.54, 1.807) is 29.7 Å². The number of aliphatic hydroxyl groups is 1. The normalized spacial score (nSPS) is 32.3. The van der Waals surface area contributed by atoms with Crippen molar-refractivity contribution in [1.82, 2.24) is 9.80 Å². The zero-order valence-corrected chi connectivity index (χ0v) is 18.4. The molecule has 1 N–H and O–H groups in total. The van der Waals surface area contributed by atoms with E-state index in [4.69, 9.17) is 9.47 Å². The minimum absolute atomic E-state index is 0.0000823. The molecular weight excluding hydrogens is 420 g/mol. The summed E-state index contributed by atoms with van der Waals surface area (Å²) in [7, 11) is 0. The molecule has 8 nitrogen and oxygen atoms in total. The number of carbonyl (C=O) groups excluding carboxylic acids is 3. The highest BCUT2D eigenvalue weighted by Gasteiger charge is 2.64. The Labute approximate surface area is 185 Å². The Morgan fingerprint density at radius 2 is 2.00 bits per heavy atom. The Morgan fingerprint density at radius 1 is 1.29 bits per heavy atom. The van der Waals surface area contributed by atoms with Gasteiger partial charge in [-0.25, -0.2) is 9.59 Å². The summed E-state index contributed by atoms with van der Waals surface area (Å²) in [5.74, 6) is -1.34. The summed E-state index contributed by atoms with van der Waals surface area (Å²) in [6, 6.07) is -0.242. The van der Waals surface area contributed by atoms with E-state index >= 15 is 0 Å². The molecular formula is C22H28N2O6S. The van der Waals surface area contributed by atoms with Crippen LogP contribution in [0.25, 0.3) is 0 Å². The first-order valence-corrected chi connectivity index (χ1v) is 11.5. The third-order valence-electron chi connectivity index (χ3n) is 6.51. The molecule has 9 heteroatoms. The second kappa shape index (κ2) is 8.70. The van der Waals surface area contributed by atoms with E-state index in [9.17, 15) is 19.5 Å². The molecule has 4 aliphatic rings. The van der Waals surface area contributed by atoms with Gasteiger partial charge in [-0.1, -0.05) is 25.3 Å². The maximum absolute atomic E-state index is 12.8. The van der Waals surface area contributed by atoms with Crippen LogP contribution in [0, 0.1) is 11.8 Å². The van der Waals surface area contributed by atoms with E-state index in [-0.39, 0.29) is 48.5 Å². The summed E-state index contributed by atoms with van der Waals surface area (Å²) >= 11 is 1.56. The molecule has 168 valence electrons. The molecule has 1 unspecified atom stereocenters. The van der Waals surface area contributed by atoms with Gasteiger partial charge in [0.15, 0.2) is 0 Å². The Morgan fingerprint density at radius 3 is 2.68 bits per heavy atom. The number of nitrogens with zero attached hydrogens (tertiary/aromatic N) is 2. The molecule has 2 amide bonds. The standard InChI is InChI=1S/C22H28N2O6S/c1-4-9-29-21(27)18-19-13(17-16(12(3)25)20(26)24(17)18)11-15(31-19)14-7-6-8-23(14)22(28)30-10-5-2/h4-5,12-17,25H,1-2,6-11H2,3H3/t12-,13+,14+,15?,16-,17-/m1/s1. The maximum Gasteiger partial charge on any atom is 0.410 e. The number of fused-ring (bicyclic) bond motifs is 3. The lowest BCUT2D eigenvalue weighted by molar-refractivity contribution is -0.164. The van der Waals surface area contributed by atoms with Crippen LogP contribution in [0.5, 0.6) is 0 Å². The van der Waals surface area contributed by atoms with Crippen molar-refractivity contribution < 1.29 is 29.0 Å². The van der Waals surface area contributed by atoms with E-state index < -0.39 is 18.0 Å². The fraction of sp³-hybridized carbons (Fsp3) is 0.591. The smallest absolute Gasteiger partial charge is 0.410 e. The van der Waals surface area contributed by atoms with Gasteiger partial charge in [0.2, 0.25) is 5.91 Å². The Balaban J connectivity index is 1.59. The SMILES string of the molecule is C=CCOC(=O)C1=C2SC([C@@H]3CCCN3C(=O)OCC=C)C[C@H]2[C@@H]2[C@@H]([C@@H](C)O)C(=O)N12. The van der Waals surface area contributed by atoms with Gasteiger partial charge in [-0.15, -0.1) is 11.8 Å². The van der Waals surface area contributed by atoms with Crippen LogP contribution < -0.4 is 0 Å². The summed E-state index contributed by atoms with van der Waals surface area (Å²) in [6.45, 7) is 9.63. The lowest BCUT2D eigenvalue weighted by Crippen LogP contribution is -2.64. The summed E-state index contributed by atoms with van der Waals surface area (Å²) in [5, 5.41) is 10.3. The first-order chi connectivity index (χ1) is 14.9. The van der Waals surface area contributed by atoms with Crippen molar-refractivity contribution in [1.29, 1.82) is 0 Å². The summed E-state index contributed by atoms with van der Waals surface area (Å²) in [5.41, 5.74) is 0.296. The van der Waals surface area contributed by atoms with Gasteiger partial charge >= 0.3 is 12.1 Å². The fourth-order valence-corrected chi connectivity index (χ4v) is 7.04. The van der Waals surface area contributed by atoms with E-state index in [0.717, 1.165) is 24.2 Å². The first kappa shape index (κ1) is 22.0. The van der Waals surface area contributed by atoms with E-state index in [2.05, 4.69) is 13.2 Å². The lowest BCUT2D eigenvalue weighted by atomic mass is 9.76. The predicted octanol–water partition coefficient (Wildman–Crippen LogP) is 2.06. The van der Waals surface area contributed by atoms with Gasteiger partial charge in [0.1, 0.15) is 18.9 Å². The average molecular weight is 449 g/mol. The molecule has 31 heavy (non-hydrogen) atoms. The minimum Gasteiger partial charge on any atom is -0.457 e. The van der Waals surface area contributed by atoms with Gasteiger partial charge in [0.05, 0.1) is 18.1 Å². The number of thioether (sulfide) groups is 1. The molecule has 0 aromatic rings. The third-order valence-corrected chi connectivity index (χ3v) is 8.07. The quantitative estimate of drug-likeness (QED) is 0.362. The van der Waals surface area contributed by atoms with Gasteiger partial charge < -0.3 is 24.4 Å². The zero-order valence-electron chi connectivity index (χ0n) is 17.6. The maximum atomic E-state index is 12.8. The molecule has 0 radical (unpaired) electrons. The summed E-state index contributed by atoms with van der Waals surface area (Å²) in [6.07, 6.45) is 4.38. The topological polar surface area (TPSA) is 96.4 Å². The second-order valence-electron chi connectivity index (χ2n) is 8.33. The number of esters is 1. The highest BCUT2D eigenvalue weighted by Crippen LogP contribution is 2.59. The monoisotopic (exact) mass is 448 g/mol. The molecule has 3 saturated heterocycles. The van der Waals surface area contributed by atoms with Crippen LogP contribution >= 0.6 is 11.8 Å². The molecule has 6 atom stereocenters. The number of ether oxygens (including phenoxy) is 2. The van der Waals surface area contributed by atoms with Crippen LogP contribution in [0.3, 0.4) is 0 Å². The van der Waals surface area contributed by atoms with Crippen molar-refractivity contribution >= 4 is 29.7 Å². The Hall–Kier alpha value is -2.26. The molecule has 0 aromatic heterocycles. The first-order valence-electron chi connectivity index (χ1n) is 10.6. The molecule has 0 bridgehead atoms. The summed E-state index contributed by atoms with van der Waals surface area (Å²) < 4.78 is 10.5. The van der Waals surface area contributed by atoms with Crippen LogP contribution in [0.1, 0.15) is 26.2 Å². The van der Waals surface area contributed by atoms with E-state index in [0.29, 0.717) is 12.2 Å². The Bertz CT molecular complexity index is 840. The molecule has 0 aliphatic carbocycles. The average Bonchev–Trinajstić information content (AvgIpc) is 3.42. The third kappa shape index (κ3) is 3.57. The number of hydrogen-bond donors (Lipinski definition) is 1. The van der Waals surface area contributed by atoms with Gasteiger partial charge in [-0.2, -0.15) is 0 Å². The number of carbonyl (C=O) groups is 3. The number of hydrogen-bond acceptors (Lipinski definition) is 7. The van der Waals surface area contributed by atoms with Gasteiger partial charge in [-0.3, -0.25) is 4.79 Å². The number of amides is 2. The highest BCUT2D eigenvalue weighted by atomic mass is 32.2. The van der Waals surface area contributed by atoms with Gasteiger partial charge in [-0.05, 0) is 26.2 Å². The second-order valence-corrected chi connectivity index (χ2v) is 9.61. The van der Waals surface area contributed by atoms with Crippen molar-refractivity contribution in [3.05, 3.63) is 35.9 Å². The summed E-state index contributed by atoms with van der Waals surface area (Å²) in [4.78, 5) is 42.1. The predicted molar refractivity (Wildman–Crippen MR) is 115 cm³/mol. The van der Waals surface area contributed by atoms with Crippen molar-refractivity contribution in [3.63, 3.8) is 0 Å². The van der Waals surface area contributed by atoms with Crippen LogP contribution in [0.4, 0.5) is 4.79 Å². The van der Waals surface area contributed by atoms with Crippen molar-refractivity contribution in [2.45, 2.75) is 49.6 Å². The Kier molecular flexibility index (Phi) is 6.16. The minimum atomic E-state index is -0.792. The number of β-lactam (4-membered cyclic amide) rings is 1. The zero-order chi connectivity index (χ0) is 22.3. The largest absolute Gasteiger partial charge is 0.457 e. The van der Waals surface area contributed by atoms with E-state index in [1.165, 1.54) is 11.0 Å². The van der Waals surface area contributed by atoms with Crippen LogP contribution in [0.2, 0.25) is 0 Å². The van der Waals surface area contributed by atoms with Crippen molar-refractivity contribution in [2.24, 2.45) is 11.8 Å². The molecule has 4 heterocycles. The van der Waals surface area contributed by atoms with Gasteiger partial charge in [0, 0.05) is 28.7 Å². The van der Waals surface area contributed by atoms with Crippen LogP contribution in [-0.2, 0) is 19.1 Å². The number of aliphatic hydroxyl groups excluding tert-OH is 1. The number of rotatable bonds is 7. The fourth-order valence-electron chi connectivity index (χ4n) is 5.27. The van der Waals surface area contributed by atoms with Crippen LogP contribution in [-0.4, -0.2) is 76.1 Å². The molecule has 0 aromatic carbocycles. The van der Waals surface area contributed by atoms with Crippen LogP contribution in [0.15, 0.2) is 35.9 Å². The molecule has 0 spiro atoms. The number of likely N-dealkylation sites (tertiary alicyclic amines) is 1. The molecule has 3 fully saturated rings. The van der Waals surface area contributed by atoms with E-state index in [1.807, 2.05) is 0 Å². The lowest BCUT2D eigenvalue weighted by Gasteiger charge is -2.47. The van der Waals surface area contributed by atoms with Crippen molar-refractivity contribution in [3.8, 4) is 0 Å². The van der Waals surface area contributed by atoms with Crippen molar-refractivity contribution in [2.75, 3.05) is 19.8 Å². The molecule has 0 saturated carbocycles. The molecule has 4 rings (SSSR count). The van der Waals surface area contributed by atoms with Gasteiger partial charge in [0.25, 0.3) is 0 Å². The molecule has 4 aliphatic heterocycles. The highest BCUT2D eigenvalue weighted by molar-refractivity contribution is 8.04.